The highest BCUT2D eigenvalue weighted by molar-refractivity contribution is 6.30. The van der Waals surface area contributed by atoms with E-state index in [0.29, 0.717) is 5.02 Å². The molecular formula is C19H15ClN4O2. The fraction of sp³-hybridized carbons (Fsp3) is 0.105. The van der Waals surface area contributed by atoms with E-state index in [1.54, 1.807) is 5.01 Å². The number of hydrogen-bond donors (Lipinski definition) is 0. The molecule has 0 saturated carbocycles. The van der Waals surface area contributed by atoms with Crippen molar-refractivity contribution in [2.24, 2.45) is 15.3 Å². The summed E-state index contributed by atoms with van der Waals surface area (Å²) in [7, 11) is 0. The summed E-state index contributed by atoms with van der Waals surface area (Å²) in [4.78, 5) is 25.8. The van der Waals surface area contributed by atoms with E-state index in [1.165, 1.54) is 6.21 Å². The molecule has 0 N–H and O–H groups in total. The monoisotopic (exact) mass is 366 g/mol. The molecule has 130 valence electrons. The van der Waals surface area contributed by atoms with Crippen LogP contribution in [0.1, 0.15) is 17.5 Å². The van der Waals surface area contributed by atoms with Gasteiger partial charge in [0, 0.05) is 16.4 Å². The van der Waals surface area contributed by atoms with Gasteiger partial charge in [-0.15, -0.1) is 4.91 Å². The zero-order valence-corrected chi connectivity index (χ0v) is 14.5. The molecule has 0 atom stereocenters. The maximum atomic E-state index is 11.0. The van der Waals surface area contributed by atoms with Crippen LogP contribution >= 0.6 is 11.6 Å². The van der Waals surface area contributed by atoms with Crippen LogP contribution in [0.25, 0.3) is 5.70 Å². The molecule has 0 radical (unpaired) electrons. The molecule has 0 fully saturated rings. The molecule has 26 heavy (non-hydrogen) atoms. The average Bonchev–Trinajstić information content (AvgIpc) is 2.69. The van der Waals surface area contributed by atoms with Crippen LogP contribution in [-0.2, 0) is 4.79 Å². The number of hydrazone groups is 1. The van der Waals surface area contributed by atoms with Crippen molar-refractivity contribution in [3.05, 3.63) is 81.7 Å². The molecule has 2 aromatic rings. The second-order valence-corrected chi connectivity index (χ2v) is 5.91. The number of nitroso groups, excluding NO2 is 1. The van der Waals surface area contributed by atoms with Gasteiger partial charge in [0.2, 0.25) is 0 Å². The van der Waals surface area contributed by atoms with Crippen LogP contribution < -0.4 is 0 Å². The standard InChI is InChI=1S/C19H15ClN4O2/c20-16-8-6-14(7-9-16)17-12-18(15-4-2-1-3-5-15)24(13-21-17)22-11-10-19(25)23-26/h1-9,11-12H,10,13H2/b22-11-. The van der Waals surface area contributed by atoms with E-state index in [4.69, 9.17) is 11.6 Å². The molecule has 0 saturated heterocycles. The summed E-state index contributed by atoms with van der Waals surface area (Å²) in [6.45, 7) is 0.290. The molecule has 2 aromatic carbocycles. The highest BCUT2D eigenvalue weighted by Crippen LogP contribution is 2.24. The number of nitrogens with zero attached hydrogens (tertiary/aromatic N) is 4. The van der Waals surface area contributed by atoms with E-state index < -0.39 is 5.91 Å². The number of carbonyl (C=O) groups is 1. The number of hydrogen-bond acceptors (Lipinski definition) is 5. The zero-order valence-electron chi connectivity index (χ0n) is 13.7. The first kappa shape index (κ1) is 17.7. The molecule has 0 aromatic heterocycles. The summed E-state index contributed by atoms with van der Waals surface area (Å²) in [6, 6.07) is 17.2. The van der Waals surface area contributed by atoms with Gasteiger partial charge in [-0.1, -0.05) is 54.1 Å². The van der Waals surface area contributed by atoms with Gasteiger partial charge in [-0.3, -0.25) is 9.79 Å². The lowest BCUT2D eigenvalue weighted by atomic mass is 10.0. The second kappa shape index (κ2) is 8.31. The van der Waals surface area contributed by atoms with E-state index in [2.05, 4.69) is 15.3 Å². The third kappa shape index (κ3) is 4.29. The normalized spacial score (nSPS) is 14.1. The lowest BCUT2D eigenvalue weighted by Gasteiger charge is -2.25. The Morgan fingerprint density at radius 2 is 1.85 bits per heavy atom. The Labute approximate surface area is 155 Å². The van der Waals surface area contributed by atoms with E-state index in [9.17, 15) is 9.70 Å². The molecule has 0 aliphatic carbocycles. The molecule has 0 bridgehead atoms. The zero-order chi connectivity index (χ0) is 18.4. The van der Waals surface area contributed by atoms with Gasteiger partial charge in [0.25, 0.3) is 5.91 Å². The molecule has 1 aliphatic heterocycles. The number of rotatable bonds is 5. The Morgan fingerprint density at radius 1 is 1.12 bits per heavy atom. The van der Waals surface area contributed by atoms with Crippen molar-refractivity contribution in [2.45, 2.75) is 6.42 Å². The molecule has 6 nitrogen and oxygen atoms in total. The SMILES string of the molecule is O=NC(=O)C/C=N\N1CN=C(c2ccc(Cl)cc2)C=C1c1ccccc1. The molecule has 1 amide bonds. The van der Waals surface area contributed by atoms with Crippen molar-refractivity contribution in [1.82, 2.24) is 5.01 Å². The summed E-state index contributed by atoms with van der Waals surface area (Å²) in [5.41, 5.74) is 3.57. The van der Waals surface area contributed by atoms with Gasteiger partial charge in [0.15, 0.2) is 0 Å². The molecule has 1 aliphatic rings. The molecule has 0 spiro atoms. The molecule has 1 heterocycles. The van der Waals surface area contributed by atoms with Crippen LogP contribution in [-0.4, -0.2) is 29.5 Å². The minimum absolute atomic E-state index is 0.143. The van der Waals surface area contributed by atoms with E-state index in [0.717, 1.165) is 22.5 Å². The fourth-order valence-corrected chi connectivity index (χ4v) is 2.58. The third-order valence-corrected chi connectivity index (χ3v) is 3.98. The summed E-state index contributed by atoms with van der Waals surface area (Å²) in [6.07, 6.45) is 3.15. The van der Waals surface area contributed by atoms with Crippen molar-refractivity contribution in [2.75, 3.05) is 6.67 Å². The largest absolute Gasteiger partial charge is 0.291 e. The van der Waals surface area contributed by atoms with Crippen molar-refractivity contribution in [3.63, 3.8) is 0 Å². The number of allylic oxidation sites excluding steroid dienone is 1. The predicted octanol–water partition coefficient (Wildman–Crippen LogP) is 4.11. The smallest absolute Gasteiger partial charge is 0.269 e. The van der Waals surface area contributed by atoms with Gasteiger partial charge < -0.3 is 0 Å². The highest BCUT2D eigenvalue weighted by Gasteiger charge is 2.17. The Balaban J connectivity index is 1.91. The topological polar surface area (TPSA) is 74.5 Å². The minimum atomic E-state index is -0.763. The quantitative estimate of drug-likeness (QED) is 0.590. The van der Waals surface area contributed by atoms with Crippen molar-refractivity contribution in [3.8, 4) is 0 Å². The molecule has 3 rings (SSSR count). The van der Waals surface area contributed by atoms with Crippen molar-refractivity contribution < 1.29 is 4.79 Å². The summed E-state index contributed by atoms with van der Waals surface area (Å²) in [5.74, 6) is -0.763. The third-order valence-electron chi connectivity index (χ3n) is 3.72. The van der Waals surface area contributed by atoms with Crippen LogP contribution in [0.3, 0.4) is 0 Å². The van der Waals surface area contributed by atoms with Gasteiger partial charge in [-0.2, -0.15) is 5.10 Å². The van der Waals surface area contributed by atoms with E-state index >= 15 is 0 Å². The summed E-state index contributed by atoms with van der Waals surface area (Å²) < 4.78 is 0. The Bertz CT molecular complexity index is 890. The summed E-state index contributed by atoms with van der Waals surface area (Å²) >= 11 is 5.95. The van der Waals surface area contributed by atoms with Crippen LogP contribution in [0.4, 0.5) is 0 Å². The maximum absolute atomic E-state index is 11.0. The number of amides is 1. The maximum Gasteiger partial charge on any atom is 0.291 e. The Hall–Kier alpha value is -3.12. The molecule has 7 heteroatoms. The molecule has 0 unspecified atom stereocenters. The predicted molar refractivity (Wildman–Crippen MR) is 103 cm³/mol. The van der Waals surface area contributed by atoms with Crippen LogP contribution in [0.15, 0.2) is 75.9 Å². The van der Waals surface area contributed by atoms with Gasteiger partial charge in [-0.05, 0) is 29.3 Å². The number of aliphatic imine (C=N–C) groups is 1. The van der Waals surface area contributed by atoms with Gasteiger partial charge in [-0.25, -0.2) is 5.01 Å². The van der Waals surface area contributed by atoms with Crippen molar-refractivity contribution in [1.29, 1.82) is 0 Å². The van der Waals surface area contributed by atoms with E-state index in [1.807, 2.05) is 60.7 Å². The van der Waals surface area contributed by atoms with Crippen LogP contribution in [0, 0.1) is 4.91 Å². The average molecular weight is 367 g/mol. The Morgan fingerprint density at radius 3 is 2.54 bits per heavy atom. The highest BCUT2D eigenvalue weighted by atomic mass is 35.5. The lowest BCUT2D eigenvalue weighted by molar-refractivity contribution is -0.116. The van der Waals surface area contributed by atoms with Gasteiger partial charge in [0.05, 0.1) is 17.8 Å². The fourth-order valence-electron chi connectivity index (χ4n) is 2.46. The Kier molecular flexibility index (Phi) is 5.66. The second-order valence-electron chi connectivity index (χ2n) is 5.47. The first-order valence-electron chi connectivity index (χ1n) is 7.91. The van der Waals surface area contributed by atoms with Crippen LogP contribution in [0.5, 0.6) is 0 Å². The lowest BCUT2D eigenvalue weighted by Crippen LogP contribution is -2.23. The first-order chi connectivity index (χ1) is 12.7. The van der Waals surface area contributed by atoms with Crippen molar-refractivity contribution >= 4 is 35.1 Å². The molecular weight excluding hydrogens is 352 g/mol. The van der Waals surface area contributed by atoms with Gasteiger partial charge in [0.1, 0.15) is 6.67 Å². The number of benzene rings is 2. The number of halogens is 1. The van der Waals surface area contributed by atoms with Crippen LogP contribution in [0.2, 0.25) is 5.02 Å². The van der Waals surface area contributed by atoms with E-state index in [-0.39, 0.29) is 13.1 Å². The minimum Gasteiger partial charge on any atom is -0.269 e. The first-order valence-corrected chi connectivity index (χ1v) is 8.29. The summed E-state index contributed by atoms with van der Waals surface area (Å²) in [5, 5.41) is 8.96. The van der Waals surface area contributed by atoms with Gasteiger partial charge >= 0.3 is 0 Å². The number of carbonyl (C=O) groups excluding carboxylic acids is 1.